The van der Waals surface area contributed by atoms with Crippen LogP contribution in [0.25, 0.3) is 0 Å². The average Bonchev–Trinajstić information content (AvgIpc) is 2.37. The van der Waals surface area contributed by atoms with Gasteiger partial charge >= 0.3 is 0 Å². The fourth-order valence-corrected chi connectivity index (χ4v) is 0.934. The summed E-state index contributed by atoms with van der Waals surface area (Å²) in [4.78, 5) is 15.3. The summed E-state index contributed by atoms with van der Waals surface area (Å²) < 4.78 is 4.93. The Morgan fingerprint density at radius 1 is 1.65 bits per heavy atom. The van der Waals surface area contributed by atoms with Crippen molar-refractivity contribution in [2.24, 2.45) is 5.10 Å². The summed E-state index contributed by atoms with van der Waals surface area (Å²) in [6.07, 6.45) is 1.38. The lowest BCUT2D eigenvalue weighted by molar-refractivity contribution is -0.125. The van der Waals surface area contributed by atoms with E-state index in [0.29, 0.717) is 11.6 Å². The minimum Gasteiger partial charge on any atom is -0.481 e. The van der Waals surface area contributed by atoms with Gasteiger partial charge in [0.05, 0.1) is 19.0 Å². The third-order valence-electron chi connectivity index (χ3n) is 1.91. The first-order valence-electron chi connectivity index (χ1n) is 4.91. The zero-order valence-electron chi connectivity index (χ0n) is 9.54. The van der Waals surface area contributed by atoms with Crippen molar-refractivity contribution in [2.75, 3.05) is 7.11 Å². The van der Waals surface area contributed by atoms with Crippen molar-refractivity contribution >= 4 is 12.1 Å². The molecule has 1 unspecified atom stereocenters. The van der Waals surface area contributed by atoms with Crippen molar-refractivity contribution in [1.82, 2.24) is 15.9 Å². The van der Waals surface area contributed by atoms with Crippen LogP contribution in [0.3, 0.4) is 0 Å². The van der Waals surface area contributed by atoms with Gasteiger partial charge in [-0.1, -0.05) is 6.07 Å². The molecular formula is C10H14N4O3. The Bertz CT molecular complexity index is 408. The van der Waals surface area contributed by atoms with Crippen molar-refractivity contribution in [3.63, 3.8) is 0 Å². The van der Waals surface area contributed by atoms with Gasteiger partial charge in [-0.3, -0.25) is 4.79 Å². The zero-order valence-corrected chi connectivity index (χ0v) is 9.54. The molecule has 1 aromatic rings. The molecule has 1 amide bonds. The fraction of sp³-hybridized carbons (Fsp3) is 0.300. The summed E-state index contributed by atoms with van der Waals surface area (Å²) in [6, 6.07) is 4.44. The molecule has 17 heavy (non-hydrogen) atoms. The predicted octanol–water partition coefficient (Wildman–Crippen LogP) is -0.0924. The van der Waals surface area contributed by atoms with Crippen LogP contribution >= 0.6 is 0 Å². The first kappa shape index (κ1) is 13.1. The highest BCUT2D eigenvalue weighted by Crippen LogP contribution is 2.04. The van der Waals surface area contributed by atoms with Gasteiger partial charge in [-0.25, -0.2) is 10.4 Å². The SMILES string of the molecule is COc1cccc(/C=N/NC(=O)C(C)NO)n1. The summed E-state index contributed by atoms with van der Waals surface area (Å²) >= 11 is 0. The number of aromatic nitrogens is 1. The second-order valence-electron chi connectivity index (χ2n) is 3.19. The number of hydrazone groups is 1. The van der Waals surface area contributed by atoms with E-state index in [1.807, 2.05) is 5.48 Å². The third-order valence-corrected chi connectivity index (χ3v) is 1.91. The Hall–Kier alpha value is -1.99. The molecule has 0 radical (unpaired) electrons. The number of rotatable bonds is 5. The van der Waals surface area contributed by atoms with Crippen LogP contribution in [0.4, 0.5) is 0 Å². The number of nitrogens with zero attached hydrogens (tertiary/aromatic N) is 2. The number of hydrogen-bond donors (Lipinski definition) is 3. The number of ether oxygens (including phenoxy) is 1. The Morgan fingerprint density at radius 2 is 2.41 bits per heavy atom. The number of amides is 1. The summed E-state index contributed by atoms with van der Waals surface area (Å²) in [5.41, 5.74) is 4.61. The van der Waals surface area contributed by atoms with Gasteiger partial charge in [0.25, 0.3) is 5.91 Å². The molecule has 92 valence electrons. The normalized spacial score (nSPS) is 12.4. The van der Waals surface area contributed by atoms with E-state index in [-0.39, 0.29) is 0 Å². The maximum Gasteiger partial charge on any atom is 0.259 e. The lowest BCUT2D eigenvalue weighted by Crippen LogP contribution is -2.38. The highest BCUT2D eigenvalue weighted by molar-refractivity contribution is 5.83. The number of nitrogens with one attached hydrogen (secondary N) is 2. The molecule has 0 spiro atoms. The summed E-state index contributed by atoms with van der Waals surface area (Å²) in [5.74, 6) is 0.0114. The molecule has 3 N–H and O–H groups in total. The molecule has 1 rings (SSSR count). The number of pyridine rings is 1. The topological polar surface area (TPSA) is 95.8 Å². The summed E-state index contributed by atoms with van der Waals surface area (Å²) in [5, 5.41) is 12.2. The quantitative estimate of drug-likeness (QED) is 0.492. The summed E-state index contributed by atoms with van der Waals surface area (Å²) in [6.45, 7) is 1.49. The number of hydrogen-bond acceptors (Lipinski definition) is 6. The van der Waals surface area contributed by atoms with E-state index in [2.05, 4.69) is 15.5 Å². The Balaban J connectivity index is 2.56. The van der Waals surface area contributed by atoms with Gasteiger partial charge in [0.2, 0.25) is 5.88 Å². The van der Waals surface area contributed by atoms with Crippen LogP contribution in [0.1, 0.15) is 12.6 Å². The van der Waals surface area contributed by atoms with Gasteiger partial charge in [0, 0.05) is 6.07 Å². The molecule has 0 aromatic carbocycles. The zero-order chi connectivity index (χ0) is 12.7. The Kier molecular flexibility index (Phi) is 5.05. The molecule has 0 saturated carbocycles. The van der Waals surface area contributed by atoms with Crippen molar-refractivity contribution in [3.05, 3.63) is 23.9 Å². The standard InChI is InChI=1S/C10H14N4O3/c1-7(14-16)10(15)13-11-6-8-4-3-5-9(12-8)17-2/h3-7,14,16H,1-2H3,(H,13,15)/b11-6+. The molecule has 1 aromatic heterocycles. The molecule has 1 atom stereocenters. The van der Waals surface area contributed by atoms with Gasteiger partial charge in [0.15, 0.2) is 0 Å². The number of methoxy groups -OCH3 is 1. The molecule has 0 bridgehead atoms. The summed E-state index contributed by atoms with van der Waals surface area (Å²) in [7, 11) is 1.51. The van der Waals surface area contributed by atoms with E-state index >= 15 is 0 Å². The molecule has 0 fully saturated rings. The molecule has 0 aliphatic rings. The van der Waals surface area contributed by atoms with Crippen LogP contribution < -0.4 is 15.6 Å². The van der Waals surface area contributed by atoms with Gasteiger partial charge in [0.1, 0.15) is 6.04 Å². The van der Waals surface area contributed by atoms with E-state index in [9.17, 15) is 4.79 Å². The first-order valence-corrected chi connectivity index (χ1v) is 4.91. The molecule has 0 saturated heterocycles. The van der Waals surface area contributed by atoms with Crippen molar-refractivity contribution < 1.29 is 14.7 Å². The maximum atomic E-state index is 11.2. The molecule has 0 aliphatic heterocycles. The van der Waals surface area contributed by atoms with Gasteiger partial charge < -0.3 is 9.94 Å². The third kappa shape index (κ3) is 4.17. The number of carbonyl (C=O) groups is 1. The van der Waals surface area contributed by atoms with Gasteiger partial charge in [-0.05, 0) is 13.0 Å². The second-order valence-corrected chi connectivity index (χ2v) is 3.19. The van der Waals surface area contributed by atoms with E-state index in [4.69, 9.17) is 9.94 Å². The lowest BCUT2D eigenvalue weighted by Gasteiger charge is -2.05. The van der Waals surface area contributed by atoms with E-state index in [1.54, 1.807) is 18.2 Å². The lowest BCUT2D eigenvalue weighted by atomic mass is 10.3. The molecule has 7 nitrogen and oxygen atoms in total. The van der Waals surface area contributed by atoms with Gasteiger partial charge in [-0.15, -0.1) is 0 Å². The van der Waals surface area contributed by atoms with Crippen LogP contribution in [-0.4, -0.2) is 35.5 Å². The minimum atomic E-state index is -0.731. The molecule has 7 heteroatoms. The van der Waals surface area contributed by atoms with E-state index in [1.165, 1.54) is 20.2 Å². The predicted molar refractivity (Wildman–Crippen MR) is 60.9 cm³/mol. The van der Waals surface area contributed by atoms with Crippen LogP contribution in [0.15, 0.2) is 23.3 Å². The smallest absolute Gasteiger partial charge is 0.259 e. The van der Waals surface area contributed by atoms with Crippen LogP contribution in [0.5, 0.6) is 5.88 Å². The second kappa shape index (κ2) is 6.56. The largest absolute Gasteiger partial charge is 0.481 e. The van der Waals surface area contributed by atoms with Crippen molar-refractivity contribution in [2.45, 2.75) is 13.0 Å². The monoisotopic (exact) mass is 238 g/mol. The van der Waals surface area contributed by atoms with Gasteiger partial charge in [-0.2, -0.15) is 10.6 Å². The first-order chi connectivity index (χ1) is 8.17. The highest BCUT2D eigenvalue weighted by atomic mass is 16.5. The number of hydroxylamine groups is 1. The minimum absolute atomic E-state index is 0.452. The molecule has 1 heterocycles. The Morgan fingerprint density at radius 3 is 3.06 bits per heavy atom. The fourth-order valence-electron chi connectivity index (χ4n) is 0.934. The van der Waals surface area contributed by atoms with Crippen LogP contribution in [0, 0.1) is 0 Å². The molecular weight excluding hydrogens is 224 g/mol. The maximum absolute atomic E-state index is 11.2. The van der Waals surface area contributed by atoms with Crippen LogP contribution in [0.2, 0.25) is 0 Å². The van der Waals surface area contributed by atoms with Crippen molar-refractivity contribution in [3.8, 4) is 5.88 Å². The molecule has 0 aliphatic carbocycles. The van der Waals surface area contributed by atoms with E-state index in [0.717, 1.165) is 0 Å². The number of carbonyl (C=O) groups excluding carboxylic acids is 1. The average molecular weight is 238 g/mol. The Labute approximate surface area is 98.5 Å². The van der Waals surface area contributed by atoms with E-state index < -0.39 is 11.9 Å². The van der Waals surface area contributed by atoms with Crippen LogP contribution in [-0.2, 0) is 4.79 Å². The highest BCUT2D eigenvalue weighted by Gasteiger charge is 2.08. The van der Waals surface area contributed by atoms with Crippen molar-refractivity contribution in [1.29, 1.82) is 0 Å².